The third-order valence-electron chi connectivity index (χ3n) is 8.52. The predicted molar refractivity (Wildman–Crippen MR) is 172 cm³/mol. The minimum atomic E-state index is -0.501. The molecule has 0 aliphatic carbocycles. The Kier molecular flexibility index (Phi) is 9.41. The summed E-state index contributed by atoms with van der Waals surface area (Å²) in [4.78, 5) is 33.4. The van der Waals surface area contributed by atoms with Crippen molar-refractivity contribution in [2.24, 2.45) is 5.73 Å². The number of quaternary nitrogens is 1. The van der Waals surface area contributed by atoms with Gasteiger partial charge in [0.25, 0.3) is 5.91 Å². The number of rotatable bonds is 12. The maximum atomic E-state index is 14.3. The van der Waals surface area contributed by atoms with E-state index in [-0.39, 0.29) is 5.91 Å². The first kappa shape index (κ1) is 30.2. The number of amides is 2. The molecule has 5 rings (SSSR count). The van der Waals surface area contributed by atoms with Gasteiger partial charge in [0.15, 0.2) is 6.04 Å². The Morgan fingerprint density at radius 1 is 0.977 bits per heavy atom. The molecule has 1 aliphatic rings. The quantitative estimate of drug-likeness (QED) is 0.204. The molecule has 3 aromatic carbocycles. The largest absolute Gasteiger partial charge is 0.471 e. The number of likely N-dealkylation sites (tertiary alicyclic amines) is 1. The van der Waals surface area contributed by atoms with E-state index < -0.39 is 11.9 Å². The summed E-state index contributed by atoms with van der Waals surface area (Å²) in [5.74, 6) is 0.244. The molecule has 2 heterocycles. The number of carbonyl (C=O) groups excluding carboxylic acids is 2. The highest BCUT2D eigenvalue weighted by atomic mass is 16.5. The highest BCUT2D eigenvalue weighted by molar-refractivity contribution is 5.95. The molecule has 224 valence electrons. The van der Waals surface area contributed by atoms with Gasteiger partial charge in [0.05, 0.1) is 14.1 Å². The number of hydrogen-bond donors (Lipinski definition) is 1. The summed E-state index contributed by atoms with van der Waals surface area (Å²) in [6, 6.07) is 25.2. The van der Waals surface area contributed by atoms with Gasteiger partial charge in [-0.05, 0) is 66.5 Å². The van der Waals surface area contributed by atoms with E-state index in [0.717, 1.165) is 78.4 Å². The Hall–Kier alpha value is -4.23. The molecule has 1 saturated heterocycles. The second-order valence-electron chi connectivity index (χ2n) is 12.1. The fraction of sp³-hybridized carbons (Fsp3) is 0.361. The molecule has 43 heavy (non-hydrogen) atoms. The SMILES string of the molecule is CCCCc1cc2ccccc2c(OCC[N+](C)(C)[C@@H](C(=O)N2CCCC2)c2ccc(C(N)=O)cc2-c2ccccc2)n1. The number of hydrogen-bond acceptors (Lipinski definition) is 4. The summed E-state index contributed by atoms with van der Waals surface area (Å²) in [7, 11) is 4.17. The maximum absolute atomic E-state index is 14.3. The zero-order valence-corrected chi connectivity index (χ0v) is 25.6. The molecule has 0 spiro atoms. The maximum Gasteiger partial charge on any atom is 0.285 e. The molecule has 7 nitrogen and oxygen atoms in total. The third-order valence-corrected chi connectivity index (χ3v) is 8.52. The van der Waals surface area contributed by atoms with Crippen LogP contribution in [0.15, 0.2) is 78.9 Å². The molecule has 2 N–H and O–H groups in total. The zero-order chi connectivity index (χ0) is 30.4. The van der Waals surface area contributed by atoms with Crippen LogP contribution in [0.4, 0.5) is 0 Å². The number of carbonyl (C=O) groups is 2. The number of ether oxygens (including phenoxy) is 1. The Morgan fingerprint density at radius 3 is 2.42 bits per heavy atom. The molecule has 0 saturated carbocycles. The van der Waals surface area contributed by atoms with Crippen molar-refractivity contribution in [2.75, 3.05) is 40.3 Å². The van der Waals surface area contributed by atoms with Crippen LogP contribution in [0, 0.1) is 0 Å². The van der Waals surface area contributed by atoms with Gasteiger partial charge in [0.1, 0.15) is 13.2 Å². The second kappa shape index (κ2) is 13.4. The smallest absolute Gasteiger partial charge is 0.285 e. The van der Waals surface area contributed by atoms with E-state index in [2.05, 4.69) is 33.2 Å². The average molecular weight is 580 g/mol. The van der Waals surface area contributed by atoms with Crippen molar-refractivity contribution in [1.29, 1.82) is 0 Å². The van der Waals surface area contributed by atoms with Gasteiger partial charge in [0, 0.05) is 35.3 Å². The fourth-order valence-corrected chi connectivity index (χ4v) is 6.06. The van der Waals surface area contributed by atoms with Crippen molar-refractivity contribution in [3.8, 4) is 17.0 Å². The normalized spacial score (nSPS) is 14.2. The number of benzene rings is 3. The van der Waals surface area contributed by atoms with Crippen molar-refractivity contribution in [3.05, 3.63) is 95.7 Å². The molecule has 1 aromatic heterocycles. The third kappa shape index (κ3) is 6.89. The van der Waals surface area contributed by atoms with Gasteiger partial charge >= 0.3 is 0 Å². The molecular formula is C36H43N4O3+. The summed E-state index contributed by atoms with van der Waals surface area (Å²) in [5, 5.41) is 2.11. The summed E-state index contributed by atoms with van der Waals surface area (Å²) in [5.41, 5.74) is 9.81. The van der Waals surface area contributed by atoms with Crippen LogP contribution in [0.25, 0.3) is 21.9 Å². The second-order valence-corrected chi connectivity index (χ2v) is 12.1. The van der Waals surface area contributed by atoms with E-state index in [1.165, 1.54) is 0 Å². The summed E-state index contributed by atoms with van der Waals surface area (Å²) >= 11 is 0. The Bertz CT molecular complexity index is 1580. The van der Waals surface area contributed by atoms with Gasteiger partial charge in [-0.2, -0.15) is 0 Å². The average Bonchev–Trinajstić information content (AvgIpc) is 3.56. The number of likely N-dealkylation sites (N-methyl/N-ethyl adjacent to an activating group) is 1. The standard InChI is InChI=1S/C36H42N4O3/c1-4-5-16-29-24-27-15-9-10-17-30(27)35(38-29)43-23-22-40(2,3)33(36(42)39-20-11-12-21-39)31-19-18-28(34(37)41)25-32(31)26-13-7-6-8-14-26/h6-10,13-15,17-19,24-25,33H,4-5,11-12,16,20-23H2,1-3H3,(H-,37,41)/p+1/t33-/m1/s1. The lowest BCUT2D eigenvalue weighted by atomic mass is 9.90. The summed E-state index contributed by atoms with van der Waals surface area (Å²) < 4.78 is 6.79. The lowest BCUT2D eigenvalue weighted by molar-refractivity contribution is -0.911. The molecule has 0 radical (unpaired) electrons. The van der Waals surface area contributed by atoms with Crippen LogP contribution < -0.4 is 10.5 Å². The van der Waals surface area contributed by atoms with Crippen LogP contribution in [0.2, 0.25) is 0 Å². The van der Waals surface area contributed by atoms with E-state index in [0.29, 0.717) is 29.1 Å². The van der Waals surface area contributed by atoms with Crippen LogP contribution >= 0.6 is 0 Å². The first-order valence-electron chi connectivity index (χ1n) is 15.4. The van der Waals surface area contributed by atoms with E-state index in [1.54, 1.807) is 6.07 Å². The van der Waals surface area contributed by atoms with Gasteiger partial charge < -0.3 is 19.9 Å². The van der Waals surface area contributed by atoms with Crippen molar-refractivity contribution in [1.82, 2.24) is 9.88 Å². The number of aryl methyl sites for hydroxylation is 1. The van der Waals surface area contributed by atoms with Crippen LogP contribution in [-0.4, -0.2) is 66.5 Å². The number of primary amides is 1. The minimum Gasteiger partial charge on any atom is -0.471 e. The Balaban J connectivity index is 1.49. The highest BCUT2D eigenvalue weighted by Crippen LogP contribution is 2.37. The van der Waals surface area contributed by atoms with E-state index >= 15 is 0 Å². The van der Waals surface area contributed by atoms with Crippen molar-refractivity contribution in [2.45, 2.75) is 45.1 Å². The molecule has 1 fully saturated rings. The van der Waals surface area contributed by atoms with E-state index in [9.17, 15) is 9.59 Å². The molecule has 4 aromatic rings. The minimum absolute atomic E-state index is 0.0941. The van der Waals surface area contributed by atoms with Crippen molar-refractivity contribution >= 4 is 22.6 Å². The van der Waals surface area contributed by atoms with Crippen LogP contribution in [0.1, 0.15) is 60.3 Å². The zero-order valence-electron chi connectivity index (χ0n) is 25.6. The van der Waals surface area contributed by atoms with Gasteiger partial charge in [-0.15, -0.1) is 0 Å². The number of nitrogens with two attached hydrogens (primary N) is 1. The van der Waals surface area contributed by atoms with E-state index in [4.69, 9.17) is 15.5 Å². The van der Waals surface area contributed by atoms with Gasteiger partial charge in [0.2, 0.25) is 11.8 Å². The number of unbranched alkanes of at least 4 members (excludes halogenated alkanes) is 1. The molecule has 1 aliphatic heterocycles. The number of aromatic nitrogens is 1. The molecule has 7 heteroatoms. The lowest BCUT2D eigenvalue weighted by Gasteiger charge is -2.39. The Labute approximate surface area is 254 Å². The monoisotopic (exact) mass is 579 g/mol. The van der Waals surface area contributed by atoms with Crippen LogP contribution in [0.5, 0.6) is 5.88 Å². The van der Waals surface area contributed by atoms with Crippen LogP contribution in [-0.2, 0) is 11.2 Å². The lowest BCUT2D eigenvalue weighted by Crippen LogP contribution is -2.52. The fourth-order valence-electron chi connectivity index (χ4n) is 6.06. The first-order valence-corrected chi connectivity index (χ1v) is 15.4. The highest BCUT2D eigenvalue weighted by Gasteiger charge is 2.41. The molecule has 0 bridgehead atoms. The summed E-state index contributed by atoms with van der Waals surface area (Å²) in [6.07, 6.45) is 5.11. The number of nitrogens with zero attached hydrogens (tertiary/aromatic N) is 3. The number of pyridine rings is 1. The number of fused-ring (bicyclic) bond motifs is 1. The first-order chi connectivity index (χ1) is 20.8. The van der Waals surface area contributed by atoms with Crippen molar-refractivity contribution < 1.29 is 18.8 Å². The molecule has 2 amide bonds. The summed E-state index contributed by atoms with van der Waals surface area (Å²) in [6.45, 7) is 4.66. The topological polar surface area (TPSA) is 85.5 Å². The van der Waals surface area contributed by atoms with Crippen molar-refractivity contribution in [3.63, 3.8) is 0 Å². The molecule has 1 atom stereocenters. The molecule has 0 unspecified atom stereocenters. The van der Waals surface area contributed by atoms with Gasteiger partial charge in [-0.3, -0.25) is 9.59 Å². The van der Waals surface area contributed by atoms with Gasteiger partial charge in [-0.25, -0.2) is 4.98 Å². The predicted octanol–water partition coefficient (Wildman–Crippen LogP) is 6.16. The van der Waals surface area contributed by atoms with Crippen LogP contribution in [0.3, 0.4) is 0 Å². The van der Waals surface area contributed by atoms with E-state index in [1.807, 2.05) is 65.6 Å². The Morgan fingerprint density at radius 2 is 1.70 bits per heavy atom. The molecular weight excluding hydrogens is 536 g/mol. The van der Waals surface area contributed by atoms with Gasteiger partial charge in [-0.1, -0.05) is 67.9 Å².